The molecule has 3 aromatic rings. The molecule has 7 nitrogen and oxygen atoms in total. The van der Waals surface area contributed by atoms with Crippen molar-refractivity contribution in [2.75, 3.05) is 13.1 Å². The quantitative estimate of drug-likeness (QED) is 0.140. The van der Waals surface area contributed by atoms with Crippen molar-refractivity contribution in [1.82, 2.24) is 20.7 Å². The van der Waals surface area contributed by atoms with Crippen LogP contribution in [0.4, 0.5) is 13.2 Å². The van der Waals surface area contributed by atoms with Gasteiger partial charge >= 0.3 is 0 Å². The average molecular weight is 555 g/mol. The van der Waals surface area contributed by atoms with Gasteiger partial charge in [0.25, 0.3) is 0 Å². The summed E-state index contributed by atoms with van der Waals surface area (Å²) >= 11 is 0. The monoisotopic (exact) mass is 554 g/mol. The second-order valence-electron chi connectivity index (χ2n) is 10.9. The maximum Gasteiger partial charge on any atom is 0.246 e. The molecular formula is C30H33F3N4O3. The van der Waals surface area contributed by atoms with Gasteiger partial charge < -0.3 is 15.2 Å². The van der Waals surface area contributed by atoms with Crippen LogP contribution in [-0.4, -0.2) is 51.6 Å². The maximum atomic E-state index is 13.5. The van der Waals surface area contributed by atoms with Crippen molar-refractivity contribution >= 4 is 28.8 Å². The Morgan fingerprint density at radius 2 is 1.73 bits per heavy atom. The van der Waals surface area contributed by atoms with E-state index >= 15 is 0 Å². The number of nitrogens with zero attached hydrogens (tertiary/aromatic N) is 1. The molecule has 4 N–H and O–H groups in total. The highest BCUT2D eigenvalue weighted by molar-refractivity contribution is 5.92. The first-order valence-electron chi connectivity index (χ1n) is 13.6. The number of likely N-dealkylation sites (tertiary alicyclic amines) is 1. The smallest absolute Gasteiger partial charge is 0.246 e. The summed E-state index contributed by atoms with van der Waals surface area (Å²) in [6.07, 6.45) is 9.58. The molecule has 0 spiro atoms. The molecule has 2 amide bonds. The number of carbonyl (C=O) groups excluding carboxylic acids is 2. The molecule has 0 unspecified atom stereocenters. The second kappa shape index (κ2) is 11.9. The van der Waals surface area contributed by atoms with Crippen LogP contribution in [0, 0.1) is 17.5 Å². The molecule has 0 bridgehead atoms. The van der Waals surface area contributed by atoms with Crippen LogP contribution in [0.3, 0.4) is 0 Å². The summed E-state index contributed by atoms with van der Waals surface area (Å²) < 4.78 is 40.2. The molecule has 1 aliphatic carbocycles. The number of amides is 2. The van der Waals surface area contributed by atoms with Gasteiger partial charge in [0.2, 0.25) is 11.8 Å². The van der Waals surface area contributed by atoms with Crippen LogP contribution in [0.15, 0.2) is 48.7 Å². The summed E-state index contributed by atoms with van der Waals surface area (Å²) in [4.78, 5) is 30.0. The normalized spacial score (nSPS) is 21.1. The number of H-pyrrole nitrogens is 1. The van der Waals surface area contributed by atoms with E-state index in [9.17, 15) is 28.0 Å². The molecule has 10 heteroatoms. The van der Waals surface area contributed by atoms with Gasteiger partial charge in [-0.3, -0.25) is 14.8 Å². The number of para-hydroxylation sites is 1. The Hall–Kier alpha value is -3.63. The Kier molecular flexibility index (Phi) is 8.27. The number of piperidine rings is 1. The van der Waals surface area contributed by atoms with E-state index < -0.39 is 28.9 Å². The van der Waals surface area contributed by atoms with Gasteiger partial charge in [-0.15, -0.1) is 0 Å². The summed E-state index contributed by atoms with van der Waals surface area (Å²) in [6, 6.07) is 10.2. The molecule has 0 radical (unpaired) electrons. The Labute approximate surface area is 230 Å². The molecule has 1 aliphatic heterocycles. The minimum absolute atomic E-state index is 0.0422. The van der Waals surface area contributed by atoms with Gasteiger partial charge in [0.05, 0.1) is 0 Å². The lowest BCUT2D eigenvalue weighted by Crippen LogP contribution is -2.59. The first-order valence-corrected chi connectivity index (χ1v) is 13.6. The summed E-state index contributed by atoms with van der Waals surface area (Å²) in [5.74, 6) is -4.57. The lowest BCUT2D eigenvalue weighted by atomic mass is 9.78. The molecular weight excluding hydrogens is 521 g/mol. The zero-order valence-electron chi connectivity index (χ0n) is 22.1. The molecule has 2 aromatic carbocycles. The van der Waals surface area contributed by atoms with Gasteiger partial charge in [-0.2, -0.15) is 0 Å². The Bertz CT molecular complexity index is 1380. The van der Waals surface area contributed by atoms with Gasteiger partial charge in [0.15, 0.2) is 17.5 Å². The molecule has 212 valence electrons. The van der Waals surface area contributed by atoms with Gasteiger partial charge in [0, 0.05) is 54.3 Å². The summed E-state index contributed by atoms with van der Waals surface area (Å²) in [6.45, 7) is 0.734. The van der Waals surface area contributed by atoms with Crippen LogP contribution in [0.1, 0.15) is 62.0 Å². The molecule has 40 heavy (non-hydrogen) atoms. The van der Waals surface area contributed by atoms with E-state index in [0.717, 1.165) is 43.3 Å². The largest absolute Gasteiger partial charge is 0.361 e. The number of aromatic amines is 1. The average Bonchev–Trinajstić information content (AvgIpc) is 3.39. The summed E-state index contributed by atoms with van der Waals surface area (Å²) in [7, 11) is 0. The molecule has 2 fully saturated rings. The summed E-state index contributed by atoms with van der Waals surface area (Å²) in [5.41, 5.74) is 3.69. The van der Waals surface area contributed by atoms with Crippen LogP contribution in [0.25, 0.3) is 17.0 Å². The third-order valence-corrected chi connectivity index (χ3v) is 8.38. The van der Waals surface area contributed by atoms with Gasteiger partial charge in [-0.05, 0) is 79.8 Å². The number of hydroxylamine groups is 1. The van der Waals surface area contributed by atoms with Crippen molar-refractivity contribution in [1.29, 1.82) is 0 Å². The van der Waals surface area contributed by atoms with E-state index in [1.165, 1.54) is 23.1 Å². The molecule has 5 rings (SSSR count). The first kappa shape index (κ1) is 27.9. The predicted molar refractivity (Wildman–Crippen MR) is 145 cm³/mol. The predicted octanol–water partition coefficient (Wildman–Crippen LogP) is 5.17. The number of hydrogen-bond acceptors (Lipinski definition) is 4. The molecule has 1 aromatic heterocycles. The third kappa shape index (κ3) is 6.08. The van der Waals surface area contributed by atoms with E-state index in [2.05, 4.69) is 34.7 Å². The molecule has 2 aliphatic rings. The molecule has 0 atom stereocenters. The number of halogens is 3. The van der Waals surface area contributed by atoms with Gasteiger partial charge in [-0.25, -0.2) is 18.7 Å². The van der Waals surface area contributed by atoms with E-state index in [-0.39, 0.29) is 23.9 Å². The molecule has 1 saturated carbocycles. The number of aromatic nitrogens is 1. The van der Waals surface area contributed by atoms with Crippen LogP contribution in [-0.2, 0) is 9.59 Å². The number of rotatable bonds is 7. The van der Waals surface area contributed by atoms with Crippen molar-refractivity contribution < 1.29 is 28.0 Å². The highest BCUT2D eigenvalue weighted by Crippen LogP contribution is 2.38. The lowest BCUT2D eigenvalue weighted by Gasteiger charge is -2.45. The third-order valence-electron chi connectivity index (χ3n) is 8.38. The number of nitrogens with one attached hydrogen (secondary N) is 3. The van der Waals surface area contributed by atoms with Crippen molar-refractivity contribution in [3.8, 4) is 0 Å². The number of hydrogen-bond donors (Lipinski definition) is 4. The minimum Gasteiger partial charge on any atom is -0.361 e. The maximum absolute atomic E-state index is 13.5. The van der Waals surface area contributed by atoms with E-state index in [1.54, 1.807) is 10.4 Å². The highest BCUT2D eigenvalue weighted by Gasteiger charge is 2.39. The zero-order chi connectivity index (χ0) is 28.3. The van der Waals surface area contributed by atoms with Crippen LogP contribution < -0.4 is 10.8 Å². The fourth-order valence-corrected chi connectivity index (χ4v) is 6.23. The fourth-order valence-electron chi connectivity index (χ4n) is 6.23. The van der Waals surface area contributed by atoms with Crippen molar-refractivity contribution in [2.45, 2.75) is 62.4 Å². The SMILES string of the molecule is O=C(CC1(NC2CCC(c3c[nH]c4ccccc34)CC2)CCN(C(=O)C=Cc2cc(F)c(F)c(F)c2)CC1)NO. The van der Waals surface area contributed by atoms with Crippen molar-refractivity contribution in [2.24, 2.45) is 0 Å². The Morgan fingerprint density at radius 1 is 1.05 bits per heavy atom. The minimum atomic E-state index is -1.55. The number of fused-ring (bicyclic) bond motifs is 1. The highest BCUT2D eigenvalue weighted by atomic mass is 19.2. The van der Waals surface area contributed by atoms with E-state index in [4.69, 9.17) is 0 Å². The molecule has 2 heterocycles. The van der Waals surface area contributed by atoms with Crippen LogP contribution in [0.2, 0.25) is 0 Å². The van der Waals surface area contributed by atoms with Crippen LogP contribution >= 0.6 is 0 Å². The number of carbonyl (C=O) groups is 2. The van der Waals surface area contributed by atoms with Crippen molar-refractivity contribution in [3.63, 3.8) is 0 Å². The summed E-state index contributed by atoms with van der Waals surface area (Å²) in [5, 5.41) is 14.2. The first-order chi connectivity index (χ1) is 19.3. The number of benzene rings is 2. The second-order valence-corrected chi connectivity index (χ2v) is 10.9. The van der Waals surface area contributed by atoms with E-state index in [1.807, 2.05) is 6.07 Å². The lowest BCUT2D eigenvalue weighted by molar-refractivity contribution is -0.132. The van der Waals surface area contributed by atoms with E-state index in [0.29, 0.717) is 31.8 Å². The Balaban J connectivity index is 1.20. The standard InChI is InChI=1S/C30H33F3N4O3/c31-24-15-19(16-25(32)29(24)33)5-10-28(39)37-13-11-30(12-14-37,17-27(38)36-40)35-21-8-6-20(7-9-21)23-18-34-26-4-2-1-3-22(23)26/h1-5,10,15-16,18,20-21,34-35,40H,6-9,11-14,17H2,(H,36,38). The van der Waals surface area contributed by atoms with Gasteiger partial charge in [-0.1, -0.05) is 18.2 Å². The zero-order valence-corrected chi connectivity index (χ0v) is 22.1. The fraction of sp³-hybridized carbons (Fsp3) is 0.400. The van der Waals surface area contributed by atoms with Crippen molar-refractivity contribution in [3.05, 3.63) is 77.2 Å². The Morgan fingerprint density at radius 3 is 2.40 bits per heavy atom. The van der Waals surface area contributed by atoms with Gasteiger partial charge in [0.1, 0.15) is 0 Å². The van der Waals surface area contributed by atoms with Crippen LogP contribution in [0.5, 0.6) is 0 Å². The topological polar surface area (TPSA) is 97.5 Å². The molecule has 1 saturated heterocycles.